The van der Waals surface area contributed by atoms with Gasteiger partial charge in [-0.15, -0.1) is 0 Å². The van der Waals surface area contributed by atoms with Gasteiger partial charge in [-0.2, -0.15) is 13.2 Å². The van der Waals surface area contributed by atoms with E-state index in [2.05, 4.69) is 15.9 Å². The van der Waals surface area contributed by atoms with E-state index >= 15 is 0 Å². The van der Waals surface area contributed by atoms with Crippen LogP contribution in [-0.4, -0.2) is 29.8 Å². The molecule has 1 aliphatic heterocycles. The number of hydrogen-bond donors (Lipinski definition) is 1. The number of anilines is 1. The maximum atomic E-state index is 14.3. The van der Waals surface area contributed by atoms with Gasteiger partial charge in [0.2, 0.25) is 0 Å². The zero-order chi connectivity index (χ0) is 22.6. The summed E-state index contributed by atoms with van der Waals surface area (Å²) in [6.45, 7) is 4.41. The Hall–Kier alpha value is -1.77. The first-order chi connectivity index (χ1) is 13.7. The van der Waals surface area contributed by atoms with E-state index in [1.54, 1.807) is 19.9 Å². The van der Waals surface area contributed by atoms with Crippen LogP contribution in [0.25, 0.3) is 0 Å². The SMILES string of the molecule is CC(c1ccc(Br)cc1Cl)C(O)(c1ccc2c(c1)N(C)C(=O)C(C)(C)O2)C(F)(F)F. The highest BCUT2D eigenvalue weighted by Crippen LogP contribution is 2.51. The number of amides is 1. The van der Waals surface area contributed by atoms with E-state index in [1.807, 2.05) is 0 Å². The van der Waals surface area contributed by atoms with E-state index in [1.165, 1.54) is 37.1 Å². The van der Waals surface area contributed by atoms with Gasteiger partial charge in [0.25, 0.3) is 5.91 Å². The predicted octanol–water partition coefficient (Wildman–Crippen LogP) is 5.79. The fraction of sp³-hybridized carbons (Fsp3) is 0.381. The number of nitrogens with zero attached hydrogens (tertiary/aromatic N) is 1. The second kappa shape index (κ2) is 7.43. The van der Waals surface area contributed by atoms with Gasteiger partial charge >= 0.3 is 6.18 Å². The fourth-order valence-electron chi connectivity index (χ4n) is 3.67. The van der Waals surface area contributed by atoms with E-state index in [4.69, 9.17) is 16.3 Å². The quantitative estimate of drug-likeness (QED) is 0.573. The number of ether oxygens (including phenoxy) is 1. The molecule has 3 rings (SSSR count). The molecular formula is C21H20BrClF3NO3. The molecule has 0 aromatic heterocycles. The Bertz CT molecular complexity index is 1010. The smallest absolute Gasteiger partial charge is 0.422 e. The molecular weight excluding hydrogens is 487 g/mol. The molecule has 2 atom stereocenters. The molecule has 2 aromatic rings. The number of aliphatic hydroxyl groups is 1. The highest BCUT2D eigenvalue weighted by Gasteiger charge is 2.59. The second-order valence-electron chi connectivity index (χ2n) is 7.81. The molecule has 4 nitrogen and oxygen atoms in total. The molecule has 1 N–H and O–H groups in total. The van der Waals surface area contributed by atoms with Crippen molar-refractivity contribution in [2.75, 3.05) is 11.9 Å². The summed E-state index contributed by atoms with van der Waals surface area (Å²) >= 11 is 9.40. The number of carbonyl (C=O) groups is 1. The molecule has 0 aliphatic carbocycles. The Labute approximate surface area is 185 Å². The fourth-order valence-corrected chi connectivity index (χ4v) is 4.51. The van der Waals surface area contributed by atoms with Crippen molar-refractivity contribution in [2.24, 2.45) is 0 Å². The Morgan fingerprint density at radius 2 is 1.83 bits per heavy atom. The summed E-state index contributed by atoms with van der Waals surface area (Å²) in [7, 11) is 1.46. The van der Waals surface area contributed by atoms with Crippen LogP contribution in [0.4, 0.5) is 18.9 Å². The van der Waals surface area contributed by atoms with Gasteiger partial charge in [0, 0.05) is 22.5 Å². The molecule has 9 heteroatoms. The summed E-state index contributed by atoms with van der Waals surface area (Å²) in [6.07, 6.45) is -5.02. The first-order valence-corrected chi connectivity index (χ1v) is 10.2. The van der Waals surface area contributed by atoms with Crippen LogP contribution >= 0.6 is 27.5 Å². The zero-order valence-corrected chi connectivity index (χ0v) is 19.0. The Kier molecular flexibility index (Phi) is 5.67. The summed E-state index contributed by atoms with van der Waals surface area (Å²) in [5.74, 6) is -1.59. The van der Waals surface area contributed by atoms with Crippen LogP contribution < -0.4 is 9.64 Å². The lowest BCUT2D eigenvalue weighted by atomic mass is 9.77. The van der Waals surface area contributed by atoms with Crippen molar-refractivity contribution < 1.29 is 27.8 Å². The van der Waals surface area contributed by atoms with E-state index < -0.39 is 34.8 Å². The van der Waals surface area contributed by atoms with Crippen molar-refractivity contribution in [3.05, 3.63) is 57.0 Å². The molecule has 30 heavy (non-hydrogen) atoms. The van der Waals surface area contributed by atoms with Gasteiger partial charge in [-0.1, -0.05) is 46.6 Å². The van der Waals surface area contributed by atoms with Crippen molar-refractivity contribution >= 4 is 39.1 Å². The monoisotopic (exact) mass is 505 g/mol. The molecule has 0 saturated heterocycles. The van der Waals surface area contributed by atoms with Crippen LogP contribution in [0.3, 0.4) is 0 Å². The minimum Gasteiger partial charge on any atom is -0.476 e. The van der Waals surface area contributed by atoms with Crippen molar-refractivity contribution in [3.8, 4) is 5.75 Å². The van der Waals surface area contributed by atoms with Gasteiger partial charge in [0.15, 0.2) is 11.2 Å². The molecule has 0 fully saturated rings. The van der Waals surface area contributed by atoms with Gasteiger partial charge in [-0.3, -0.25) is 4.79 Å². The van der Waals surface area contributed by atoms with E-state index in [9.17, 15) is 23.1 Å². The maximum Gasteiger partial charge on any atom is 0.422 e. The van der Waals surface area contributed by atoms with Gasteiger partial charge in [0.1, 0.15) is 5.75 Å². The molecule has 1 heterocycles. The van der Waals surface area contributed by atoms with E-state index in [-0.39, 0.29) is 22.0 Å². The average Bonchev–Trinajstić information content (AvgIpc) is 2.64. The first-order valence-electron chi connectivity index (χ1n) is 9.06. The number of carbonyl (C=O) groups excluding carboxylic acids is 1. The number of hydrogen-bond acceptors (Lipinski definition) is 3. The maximum absolute atomic E-state index is 14.3. The first kappa shape index (κ1) is 22.9. The van der Waals surface area contributed by atoms with Crippen molar-refractivity contribution in [3.63, 3.8) is 0 Å². The average molecular weight is 507 g/mol. The lowest BCUT2D eigenvalue weighted by Crippen LogP contribution is -2.51. The summed E-state index contributed by atoms with van der Waals surface area (Å²) in [6, 6.07) is 8.10. The molecule has 0 radical (unpaired) electrons. The van der Waals surface area contributed by atoms with Gasteiger partial charge in [-0.25, -0.2) is 0 Å². The molecule has 0 bridgehead atoms. The Morgan fingerprint density at radius 1 is 1.20 bits per heavy atom. The van der Waals surface area contributed by atoms with Crippen molar-refractivity contribution in [2.45, 2.75) is 44.1 Å². The number of benzene rings is 2. The molecule has 162 valence electrons. The lowest BCUT2D eigenvalue weighted by molar-refractivity contribution is -0.274. The summed E-state index contributed by atoms with van der Waals surface area (Å²) < 4.78 is 49.0. The van der Waals surface area contributed by atoms with Gasteiger partial charge < -0.3 is 14.7 Å². The topological polar surface area (TPSA) is 49.8 Å². The molecule has 0 saturated carbocycles. The molecule has 2 aromatic carbocycles. The summed E-state index contributed by atoms with van der Waals surface area (Å²) in [5, 5.41) is 11.1. The van der Waals surface area contributed by atoms with Crippen LogP contribution in [0.5, 0.6) is 5.75 Å². The Balaban J connectivity index is 2.17. The lowest BCUT2D eigenvalue weighted by Gasteiger charge is -2.40. The summed E-state index contributed by atoms with van der Waals surface area (Å²) in [4.78, 5) is 13.7. The third kappa shape index (κ3) is 3.59. The third-order valence-corrected chi connectivity index (χ3v) is 6.25. The minimum atomic E-state index is -5.02. The Morgan fingerprint density at radius 3 is 2.40 bits per heavy atom. The number of likely N-dealkylation sites (N-methyl/N-ethyl adjacent to an activating group) is 1. The van der Waals surface area contributed by atoms with Crippen LogP contribution in [0.1, 0.15) is 37.8 Å². The van der Waals surface area contributed by atoms with Crippen LogP contribution in [0, 0.1) is 0 Å². The molecule has 1 amide bonds. The zero-order valence-electron chi connectivity index (χ0n) is 16.6. The number of alkyl halides is 3. The highest BCUT2D eigenvalue weighted by atomic mass is 79.9. The molecule has 2 unspecified atom stereocenters. The normalized spacial score (nSPS) is 19.0. The molecule has 1 aliphatic rings. The van der Waals surface area contributed by atoms with Crippen molar-refractivity contribution in [1.82, 2.24) is 0 Å². The van der Waals surface area contributed by atoms with Gasteiger partial charge in [-0.05, 0) is 49.2 Å². The van der Waals surface area contributed by atoms with E-state index in [0.717, 1.165) is 12.1 Å². The number of fused-ring (bicyclic) bond motifs is 1. The van der Waals surface area contributed by atoms with Crippen LogP contribution in [0.2, 0.25) is 5.02 Å². The van der Waals surface area contributed by atoms with E-state index in [0.29, 0.717) is 4.47 Å². The highest BCUT2D eigenvalue weighted by molar-refractivity contribution is 9.10. The van der Waals surface area contributed by atoms with Crippen LogP contribution in [0.15, 0.2) is 40.9 Å². The third-order valence-electron chi connectivity index (χ3n) is 5.43. The number of rotatable bonds is 3. The second-order valence-corrected chi connectivity index (χ2v) is 9.13. The standard InChI is InChI=1S/C21H20BrClF3NO3/c1-11(14-7-6-13(22)10-15(14)23)20(29,21(24,25)26)12-5-8-17-16(9-12)27(4)18(28)19(2,3)30-17/h5-11,29H,1-4H3. The minimum absolute atomic E-state index is 0.0925. The number of halogens is 5. The van der Waals surface area contributed by atoms with Gasteiger partial charge in [0.05, 0.1) is 5.69 Å². The largest absolute Gasteiger partial charge is 0.476 e. The summed E-state index contributed by atoms with van der Waals surface area (Å²) in [5.41, 5.74) is -4.53. The van der Waals surface area contributed by atoms with Crippen molar-refractivity contribution in [1.29, 1.82) is 0 Å². The predicted molar refractivity (Wildman–Crippen MR) is 112 cm³/mol. The molecule has 0 spiro atoms. The van der Waals surface area contributed by atoms with Crippen LogP contribution in [-0.2, 0) is 10.4 Å².